The summed E-state index contributed by atoms with van der Waals surface area (Å²) in [7, 11) is 0. The van der Waals surface area contributed by atoms with E-state index < -0.39 is 23.2 Å². The zero-order valence-corrected chi connectivity index (χ0v) is 10.7. The SMILES string of the molecule is NNc1ncc(C(=O)Nc2c(F)cccc2F)cc1Cl. The van der Waals surface area contributed by atoms with E-state index in [-0.39, 0.29) is 16.4 Å². The lowest BCUT2D eigenvalue weighted by atomic mass is 10.2. The van der Waals surface area contributed by atoms with E-state index in [0.717, 1.165) is 12.1 Å². The van der Waals surface area contributed by atoms with Crippen LogP contribution in [0.3, 0.4) is 0 Å². The Labute approximate surface area is 117 Å². The molecule has 0 saturated carbocycles. The number of aromatic nitrogens is 1. The molecule has 0 aliphatic rings. The molecular formula is C12H9ClF2N4O. The maximum absolute atomic E-state index is 13.4. The summed E-state index contributed by atoms with van der Waals surface area (Å²) in [5.74, 6) is 2.83. The van der Waals surface area contributed by atoms with Crippen LogP contribution in [0.4, 0.5) is 20.3 Å². The molecule has 1 amide bonds. The molecule has 20 heavy (non-hydrogen) atoms. The van der Waals surface area contributed by atoms with Crippen molar-refractivity contribution < 1.29 is 13.6 Å². The average molecular weight is 299 g/mol. The molecule has 0 radical (unpaired) electrons. The number of pyridine rings is 1. The van der Waals surface area contributed by atoms with Crippen LogP contribution in [-0.4, -0.2) is 10.9 Å². The number of rotatable bonds is 3. The third-order valence-electron chi connectivity index (χ3n) is 2.44. The summed E-state index contributed by atoms with van der Waals surface area (Å²) in [6, 6.07) is 4.54. The first-order valence-electron chi connectivity index (χ1n) is 5.40. The highest BCUT2D eigenvalue weighted by molar-refractivity contribution is 6.33. The van der Waals surface area contributed by atoms with Gasteiger partial charge in [0.1, 0.15) is 17.3 Å². The van der Waals surface area contributed by atoms with E-state index in [0.29, 0.717) is 0 Å². The van der Waals surface area contributed by atoms with Crippen molar-refractivity contribution in [2.24, 2.45) is 5.84 Å². The molecule has 0 bridgehead atoms. The lowest BCUT2D eigenvalue weighted by Crippen LogP contribution is -2.16. The number of benzene rings is 1. The summed E-state index contributed by atoms with van der Waals surface area (Å²) >= 11 is 5.81. The van der Waals surface area contributed by atoms with Gasteiger partial charge in [-0.25, -0.2) is 19.6 Å². The van der Waals surface area contributed by atoms with E-state index in [1.54, 1.807) is 0 Å². The summed E-state index contributed by atoms with van der Waals surface area (Å²) in [6.07, 6.45) is 1.18. The van der Waals surface area contributed by atoms with Gasteiger partial charge in [0.05, 0.1) is 10.6 Å². The van der Waals surface area contributed by atoms with Gasteiger partial charge in [-0.05, 0) is 18.2 Å². The Hall–Kier alpha value is -2.25. The molecule has 1 heterocycles. The predicted octanol–water partition coefficient (Wildman–Crippen LogP) is 2.55. The number of halogens is 3. The Balaban J connectivity index is 2.26. The van der Waals surface area contributed by atoms with Crippen LogP contribution in [0.5, 0.6) is 0 Å². The summed E-state index contributed by atoms with van der Waals surface area (Å²) in [4.78, 5) is 15.7. The number of anilines is 2. The third-order valence-corrected chi connectivity index (χ3v) is 2.73. The predicted molar refractivity (Wildman–Crippen MR) is 71.4 cm³/mol. The van der Waals surface area contributed by atoms with Gasteiger partial charge in [0.2, 0.25) is 0 Å². The third kappa shape index (κ3) is 2.84. The Morgan fingerprint density at radius 2 is 1.95 bits per heavy atom. The number of hydrogen-bond donors (Lipinski definition) is 3. The van der Waals surface area contributed by atoms with Crippen molar-refractivity contribution in [3.05, 3.63) is 52.7 Å². The number of carbonyl (C=O) groups excluding carboxylic acids is 1. The van der Waals surface area contributed by atoms with Crippen LogP contribution in [-0.2, 0) is 0 Å². The van der Waals surface area contributed by atoms with Gasteiger partial charge in [-0.1, -0.05) is 17.7 Å². The minimum absolute atomic E-state index is 0.0386. The minimum Gasteiger partial charge on any atom is -0.317 e. The molecule has 0 aliphatic heterocycles. The Morgan fingerprint density at radius 1 is 1.30 bits per heavy atom. The zero-order valence-electron chi connectivity index (χ0n) is 9.95. The number of hydrogen-bond acceptors (Lipinski definition) is 4. The smallest absolute Gasteiger partial charge is 0.257 e. The molecule has 4 N–H and O–H groups in total. The molecule has 0 spiro atoms. The summed E-state index contributed by atoms with van der Waals surface area (Å²) < 4.78 is 26.8. The fourth-order valence-electron chi connectivity index (χ4n) is 1.47. The van der Waals surface area contributed by atoms with Gasteiger partial charge in [-0.2, -0.15) is 0 Å². The number of hydrazine groups is 1. The average Bonchev–Trinajstić information content (AvgIpc) is 2.42. The number of nitrogens with one attached hydrogen (secondary N) is 2. The summed E-state index contributed by atoms with van der Waals surface area (Å²) in [5, 5.41) is 2.23. The molecule has 2 rings (SSSR count). The van der Waals surface area contributed by atoms with Gasteiger partial charge in [0.25, 0.3) is 5.91 Å². The molecular weight excluding hydrogens is 290 g/mol. The van der Waals surface area contributed by atoms with E-state index >= 15 is 0 Å². The van der Waals surface area contributed by atoms with Crippen LogP contribution < -0.4 is 16.6 Å². The molecule has 104 valence electrons. The molecule has 0 unspecified atom stereocenters. The van der Waals surface area contributed by atoms with Crippen LogP contribution in [0.2, 0.25) is 5.02 Å². The Morgan fingerprint density at radius 3 is 2.50 bits per heavy atom. The Bertz CT molecular complexity index is 646. The summed E-state index contributed by atoms with van der Waals surface area (Å²) in [5.41, 5.74) is 1.74. The number of nitrogen functional groups attached to an aromatic ring is 1. The topological polar surface area (TPSA) is 80.0 Å². The van der Waals surface area contributed by atoms with Crippen molar-refractivity contribution in [1.29, 1.82) is 0 Å². The van der Waals surface area contributed by atoms with Crippen LogP contribution in [0.15, 0.2) is 30.5 Å². The van der Waals surface area contributed by atoms with Gasteiger partial charge in [-0.3, -0.25) is 4.79 Å². The number of para-hydroxylation sites is 1. The van der Waals surface area contributed by atoms with Crippen molar-refractivity contribution in [2.45, 2.75) is 0 Å². The second-order valence-electron chi connectivity index (χ2n) is 3.75. The quantitative estimate of drug-likeness (QED) is 0.601. The first-order chi connectivity index (χ1) is 9.52. The van der Waals surface area contributed by atoms with Gasteiger partial charge in [-0.15, -0.1) is 0 Å². The molecule has 0 saturated heterocycles. The van der Waals surface area contributed by atoms with Crippen molar-refractivity contribution >= 4 is 29.0 Å². The van der Waals surface area contributed by atoms with Gasteiger partial charge >= 0.3 is 0 Å². The highest BCUT2D eigenvalue weighted by atomic mass is 35.5. The standard InChI is InChI=1S/C12H9ClF2N4O/c13-7-4-6(5-17-11(7)19-16)12(20)18-10-8(14)2-1-3-9(10)15/h1-5H,16H2,(H,17,19)(H,18,20). The largest absolute Gasteiger partial charge is 0.317 e. The normalized spacial score (nSPS) is 10.2. The highest BCUT2D eigenvalue weighted by Gasteiger charge is 2.14. The van der Waals surface area contributed by atoms with Gasteiger partial charge in [0.15, 0.2) is 5.82 Å². The molecule has 1 aromatic carbocycles. The van der Waals surface area contributed by atoms with Crippen molar-refractivity contribution in [1.82, 2.24) is 4.98 Å². The molecule has 0 fully saturated rings. The zero-order chi connectivity index (χ0) is 14.7. The van der Waals surface area contributed by atoms with E-state index in [4.69, 9.17) is 17.4 Å². The minimum atomic E-state index is -0.877. The highest BCUT2D eigenvalue weighted by Crippen LogP contribution is 2.22. The number of nitrogens with zero attached hydrogens (tertiary/aromatic N) is 1. The van der Waals surface area contributed by atoms with Crippen LogP contribution >= 0.6 is 11.6 Å². The molecule has 0 aliphatic carbocycles. The summed E-state index contributed by atoms with van der Waals surface area (Å²) in [6.45, 7) is 0. The van der Waals surface area contributed by atoms with Crippen LogP contribution in [0, 0.1) is 11.6 Å². The van der Waals surface area contributed by atoms with Crippen molar-refractivity contribution in [3.8, 4) is 0 Å². The fourth-order valence-corrected chi connectivity index (χ4v) is 1.69. The molecule has 1 aromatic heterocycles. The second-order valence-corrected chi connectivity index (χ2v) is 4.16. The van der Waals surface area contributed by atoms with Crippen LogP contribution in [0.25, 0.3) is 0 Å². The van der Waals surface area contributed by atoms with Crippen molar-refractivity contribution in [3.63, 3.8) is 0 Å². The first-order valence-corrected chi connectivity index (χ1v) is 5.78. The lowest BCUT2D eigenvalue weighted by Gasteiger charge is -2.08. The first kappa shape index (κ1) is 14.2. The number of carbonyl (C=O) groups is 1. The van der Waals surface area contributed by atoms with Gasteiger partial charge in [0, 0.05) is 6.20 Å². The van der Waals surface area contributed by atoms with Crippen molar-refractivity contribution in [2.75, 3.05) is 10.7 Å². The molecule has 8 heteroatoms. The molecule has 0 atom stereocenters. The Kier molecular flexibility index (Phi) is 4.11. The molecule has 5 nitrogen and oxygen atoms in total. The lowest BCUT2D eigenvalue weighted by molar-refractivity contribution is 0.102. The monoisotopic (exact) mass is 298 g/mol. The number of amides is 1. The van der Waals surface area contributed by atoms with E-state index in [2.05, 4.69) is 15.7 Å². The second kappa shape index (κ2) is 5.81. The van der Waals surface area contributed by atoms with E-state index in [9.17, 15) is 13.6 Å². The maximum Gasteiger partial charge on any atom is 0.257 e. The van der Waals surface area contributed by atoms with E-state index in [1.165, 1.54) is 18.3 Å². The van der Waals surface area contributed by atoms with E-state index in [1.807, 2.05) is 0 Å². The maximum atomic E-state index is 13.4. The van der Waals surface area contributed by atoms with Crippen LogP contribution in [0.1, 0.15) is 10.4 Å². The number of nitrogens with two attached hydrogens (primary N) is 1. The molecule has 2 aromatic rings. The fraction of sp³-hybridized carbons (Fsp3) is 0. The van der Waals surface area contributed by atoms with Gasteiger partial charge < -0.3 is 10.7 Å².